The van der Waals surface area contributed by atoms with E-state index in [0.717, 1.165) is 6.54 Å². The third kappa shape index (κ3) is 3.11. The SMILES string of the molecule is CC(C)CN=C(N)NC1(C)CC1. The predicted octanol–water partition coefficient (Wildman–Crippen LogP) is 1.10. The van der Waals surface area contributed by atoms with Crippen LogP contribution in [0.4, 0.5) is 0 Å². The molecule has 0 bridgehead atoms. The molecule has 0 heterocycles. The minimum atomic E-state index is 0.255. The summed E-state index contributed by atoms with van der Waals surface area (Å²) < 4.78 is 0. The van der Waals surface area contributed by atoms with E-state index in [1.807, 2.05) is 0 Å². The molecule has 0 spiro atoms. The highest BCUT2D eigenvalue weighted by molar-refractivity contribution is 5.79. The number of guanidine groups is 1. The lowest BCUT2D eigenvalue weighted by Gasteiger charge is -2.12. The van der Waals surface area contributed by atoms with Gasteiger partial charge >= 0.3 is 0 Å². The lowest BCUT2D eigenvalue weighted by atomic mass is 10.2. The molecule has 1 saturated carbocycles. The van der Waals surface area contributed by atoms with Crippen LogP contribution in [0, 0.1) is 5.92 Å². The Kier molecular flexibility index (Phi) is 2.60. The normalized spacial score (nSPS) is 21.2. The third-order valence-electron chi connectivity index (χ3n) is 2.06. The quantitative estimate of drug-likeness (QED) is 0.491. The average Bonchev–Trinajstić information content (AvgIpc) is 2.64. The first-order valence-electron chi connectivity index (χ1n) is 4.60. The molecule has 70 valence electrons. The molecule has 0 saturated heterocycles. The van der Waals surface area contributed by atoms with Crippen molar-refractivity contribution in [2.75, 3.05) is 6.54 Å². The van der Waals surface area contributed by atoms with Gasteiger partial charge in [0.2, 0.25) is 0 Å². The summed E-state index contributed by atoms with van der Waals surface area (Å²) in [5.74, 6) is 1.18. The molecular formula is C9H19N3. The number of hydrogen-bond donors (Lipinski definition) is 2. The molecule has 3 heteroatoms. The van der Waals surface area contributed by atoms with Crippen molar-refractivity contribution in [1.29, 1.82) is 0 Å². The van der Waals surface area contributed by atoms with Gasteiger partial charge in [-0.2, -0.15) is 0 Å². The fraction of sp³-hybridized carbons (Fsp3) is 0.889. The number of nitrogens with two attached hydrogens (primary N) is 1. The highest BCUT2D eigenvalue weighted by atomic mass is 15.2. The van der Waals surface area contributed by atoms with Crippen molar-refractivity contribution >= 4 is 5.96 Å². The standard InChI is InChI=1S/C9H19N3/c1-7(2)6-11-8(10)12-9(3)4-5-9/h7H,4-6H2,1-3H3,(H3,10,11,12). The van der Waals surface area contributed by atoms with E-state index in [1.54, 1.807) is 0 Å². The number of nitrogens with zero attached hydrogens (tertiary/aromatic N) is 1. The zero-order chi connectivity index (χ0) is 9.19. The monoisotopic (exact) mass is 169 g/mol. The third-order valence-corrected chi connectivity index (χ3v) is 2.06. The summed E-state index contributed by atoms with van der Waals surface area (Å²) in [6, 6.07) is 0. The fourth-order valence-corrected chi connectivity index (χ4v) is 0.942. The Balaban J connectivity index is 2.26. The number of aliphatic imine (C=N–C) groups is 1. The zero-order valence-corrected chi connectivity index (χ0v) is 8.22. The predicted molar refractivity (Wildman–Crippen MR) is 52.1 cm³/mol. The summed E-state index contributed by atoms with van der Waals surface area (Å²) in [6.45, 7) is 7.25. The Hall–Kier alpha value is -0.730. The van der Waals surface area contributed by atoms with E-state index in [-0.39, 0.29) is 5.54 Å². The summed E-state index contributed by atoms with van der Waals surface area (Å²) in [7, 11) is 0. The van der Waals surface area contributed by atoms with Crippen LogP contribution in [0.5, 0.6) is 0 Å². The van der Waals surface area contributed by atoms with Gasteiger partial charge in [-0.15, -0.1) is 0 Å². The van der Waals surface area contributed by atoms with E-state index >= 15 is 0 Å². The van der Waals surface area contributed by atoms with Gasteiger partial charge in [0.05, 0.1) is 0 Å². The fourth-order valence-electron chi connectivity index (χ4n) is 0.942. The summed E-state index contributed by atoms with van der Waals surface area (Å²) in [5, 5.41) is 3.21. The molecule has 0 atom stereocenters. The lowest BCUT2D eigenvalue weighted by molar-refractivity contribution is 0.636. The van der Waals surface area contributed by atoms with Gasteiger partial charge in [-0.05, 0) is 25.7 Å². The maximum absolute atomic E-state index is 5.69. The Morgan fingerprint density at radius 3 is 2.58 bits per heavy atom. The van der Waals surface area contributed by atoms with Crippen molar-refractivity contribution in [3.63, 3.8) is 0 Å². The van der Waals surface area contributed by atoms with Crippen molar-refractivity contribution in [1.82, 2.24) is 5.32 Å². The Labute approximate surface area is 74.4 Å². The van der Waals surface area contributed by atoms with Gasteiger partial charge in [-0.25, -0.2) is 0 Å². The van der Waals surface area contributed by atoms with Crippen LogP contribution >= 0.6 is 0 Å². The first kappa shape index (κ1) is 9.36. The van der Waals surface area contributed by atoms with Gasteiger partial charge in [0.15, 0.2) is 5.96 Å². The second-order valence-corrected chi connectivity index (χ2v) is 4.31. The molecule has 1 aliphatic carbocycles. The maximum atomic E-state index is 5.69. The maximum Gasteiger partial charge on any atom is 0.189 e. The van der Waals surface area contributed by atoms with Crippen LogP contribution in [0.2, 0.25) is 0 Å². The summed E-state index contributed by atoms with van der Waals surface area (Å²) >= 11 is 0. The van der Waals surface area contributed by atoms with Crippen molar-refractivity contribution in [3.05, 3.63) is 0 Å². The largest absolute Gasteiger partial charge is 0.370 e. The van der Waals surface area contributed by atoms with E-state index < -0.39 is 0 Å². The van der Waals surface area contributed by atoms with E-state index in [9.17, 15) is 0 Å². The molecule has 3 nitrogen and oxygen atoms in total. The molecule has 0 aliphatic heterocycles. The van der Waals surface area contributed by atoms with Gasteiger partial charge < -0.3 is 11.1 Å². The highest BCUT2D eigenvalue weighted by Gasteiger charge is 2.37. The van der Waals surface area contributed by atoms with E-state index in [2.05, 4.69) is 31.1 Å². The molecule has 0 aromatic heterocycles. The van der Waals surface area contributed by atoms with Crippen LogP contribution in [-0.2, 0) is 0 Å². The van der Waals surface area contributed by atoms with Gasteiger partial charge in [0, 0.05) is 12.1 Å². The van der Waals surface area contributed by atoms with E-state index in [4.69, 9.17) is 5.73 Å². The molecular weight excluding hydrogens is 150 g/mol. The number of nitrogens with one attached hydrogen (secondary N) is 1. The molecule has 1 fully saturated rings. The van der Waals surface area contributed by atoms with Gasteiger partial charge in [0.1, 0.15) is 0 Å². The molecule has 0 unspecified atom stereocenters. The minimum Gasteiger partial charge on any atom is -0.370 e. The zero-order valence-electron chi connectivity index (χ0n) is 8.22. The van der Waals surface area contributed by atoms with Crippen LogP contribution in [0.1, 0.15) is 33.6 Å². The smallest absolute Gasteiger partial charge is 0.189 e. The van der Waals surface area contributed by atoms with Crippen molar-refractivity contribution in [2.24, 2.45) is 16.6 Å². The first-order chi connectivity index (χ1) is 5.52. The van der Waals surface area contributed by atoms with Crippen molar-refractivity contribution < 1.29 is 0 Å². The van der Waals surface area contributed by atoms with E-state index in [0.29, 0.717) is 11.9 Å². The van der Waals surface area contributed by atoms with Crippen molar-refractivity contribution in [3.8, 4) is 0 Å². The molecule has 0 aromatic rings. The van der Waals surface area contributed by atoms with Crippen LogP contribution in [0.3, 0.4) is 0 Å². The highest BCUT2D eigenvalue weighted by Crippen LogP contribution is 2.33. The molecule has 0 amide bonds. The Morgan fingerprint density at radius 1 is 1.58 bits per heavy atom. The molecule has 0 aromatic carbocycles. The molecule has 0 radical (unpaired) electrons. The average molecular weight is 169 g/mol. The van der Waals surface area contributed by atoms with E-state index in [1.165, 1.54) is 12.8 Å². The van der Waals surface area contributed by atoms with Gasteiger partial charge in [0.25, 0.3) is 0 Å². The van der Waals surface area contributed by atoms with Gasteiger partial charge in [-0.1, -0.05) is 13.8 Å². The molecule has 12 heavy (non-hydrogen) atoms. The number of hydrogen-bond acceptors (Lipinski definition) is 1. The number of rotatable bonds is 3. The molecule has 1 rings (SSSR count). The second kappa shape index (κ2) is 3.33. The topological polar surface area (TPSA) is 50.4 Å². The van der Waals surface area contributed by atoms with Gasteiger partial charge in [-0.3, -0.25) is 4.99 Å². The Bertz CT molecular complexity index is 180. The summed E-state index contributed by atoms with van der Waals surface area (Å²) in [5.41, 5.74) is 5.94. The summed E-state index contributed by atoms with van der Waals surface area (Å²) in [4.78, 5) is 4.23. The van der Waals surface area contributed by atoms with Crippen LogP contribution in [0.25, 0.3) is 0 Å². The second-order valence-electron chi connectivity index (χ2n) is 4.31. The summed E-state index contributed by atoms with van der Waals surface area (Å²) in [6.07, 6.45) is 2.43. The van der Waals surface area contributed by atoms with Crippen LogP contribution in [0.15, 0.2) is 4.99 Å². The van der Waals surface area contributed by atoms with Crippen molar-refractivity contribution in [2.45, 2.75) is 39.2 Å². The van der Waals surface area contributed by atoms with Crippen LogP contribution < -0.4 is 11.1 Å². The molecule has 1 aliphatic rings. The van der Waals surface area contributed by atoms with Crippen LogP contribution in [-0.4, -0.2) is 18.0 Å². The minimum absolute atomic E-state index is 0.255. The Morgan fingerprint density at radius 2 is 2.17 bits per heavy atom. The first-order valence-corrected chi connectivity index (χ1v) is 4.60. The lowest BCUT2D eigenvalue weighted by Crippen LogP contribution is -2.40. The molecule has 3 N–H and O–H groups in total.